The number of aromatic nitrogens is 3. The summed E-state index contributed by atoms with van der Waals surface area (Å²) in [5, 5.41) is 0. The Morgan fingerprint density at radius 1 is 1.23 bits per heavy atom. The molecule has 2 heterocycles. The quantitative estimate of drug-likeness (QED) is 0.702. The van der Waals surface area contributed by atoms with Gasteiger partial charge in [0.15, 0.2) is 0 Å². The summed E-state index contributed by atoms with van der Waals surface area (Å²) < 4.78 is 53.4. The van der Waals surface area contributed by atoms with Gasteiger partial charge >= 0.3 is 6.18 Å². The summed E-state index contributed by atoms with van der Waals surface area (Å²) in [5.74, 6) is -0.747. The Hall–Kier alpha value is -2.64. The van der Waals surface area contributed by atoms with Crippen molar-refractivity contribution in [2.24, 2.45) is 0 Å². The zero-order valence-corrected chi connectivity index (χ0v) is 11.2. The first-order chi connectivity index (χ1) is 10.3. The molecule has 0 saturated heterocycles. The number of pyridine rings is 1. The predicted octanol–water partition coefficient (Wildman–Crippen LogP) is 3.18. The highest BCUT2D eigenvalue weighted by Crippen LogP contribution is 2.32. The van der Waals surface area contributed by atoms with Gasteiger partial charge in [0.1, 0.15) is 5.82 Å². The molecule has 2 aromatic heterocycles. The van der Waals surface area contributed by atoms with Gasteiger partial charge in [0.25, 0.3) is 5.56 Å². The number of hydrogen-bond acceptors (Lipinski definition) is 2. The van der Waals surface area contributed by atoms with Crippen LogP contribution in [0.15, 0.2) is 35.3 Å². The van der Waals surface area contributed by atoms with E-state index in [2.05, 4.69) is 9.97 Å². The van der Waals surface area contributed by atoms with Gasteiger partial charge in [-0.3, -0.25) is 9.36 Å². The zero-order valence-electron chi connectivity index (χ0n) is 11.2. The van der Waals surface area contributed by atoms with Crippen LogP contribution in [0.2, 0.25) is 0 Å². The van der Waals surface area contributed by atoms with Crippen LogP contribution in [0.3, 0.4) is 0 Å². The standard InChI is InChI=1S/C14H9F4N3O/c1-7-20-9-6-8(14(16,17)18)2-3-10(9)21(7)11-4-5-19-13(22)12(11)15/h2-6H,1H3,(H,19,22). The minimum Gasteiger partial charge on any atom is -0.326 e. The van der Waals surface area contributed by atoms with Crippen LogP contribution in [0.1, 0.15) is 11.4 Å². The van der Waals surface area contributed by atoms with Crippen molar-refractivity contribution in [3.8, 4) is 5.69 Å². The van der Waals surface area contributed by atoms with Crippen molar-refractivity contribution in [3.05, 3.63) is 58.0 Å². The molecular formula is C14H9F4N3O. The molecule has 0 spiro atoms. The maximum absolute atomic E-state index is 14.0. The van der Waals surface area contributed by atoms with E-state index < -0.39 is 23.1 Å². The molecule has 0 aliphatic rings. The Labute approximate surface area is 121 Å². The lowest BCUT2D eigenvalue weighted by Crippen LogP contribution is -2.14. The van der Waals surface area contributed by atoms with Crippen LogP contribution in [-0.4, -0.2) is 14.5 Å². The molecule has 0 aliphatic carbocycles. The molecule has 0 bridgehead atoms. The fourth-order valence-corrected chi connectivity index (χ4v) is 2.30. The second-order valence-corrected chi connectivity index (χ2v) is 4.70. The van der Waals surface area contributed by atoms with Crippen LogP contribution in [0, 0.1) is 12.7 Å². The summed E-state index contributed by atoms with van der Waals surface area (Å²) in [6.07, 6.45) is -3.23. The maximum atomic E-state index is 14.0. The van der Waals surface area contributed by atoms with E-state index >= 15 is 0 Å². The lowest BCUT2D eigenvalue weighted by molar-refractivity contribution is -0.137. The summed E-state index contributed by atoms with van der Waals surface area (Å²) in [5.41, 5.74) is -1.45. The summed E-state index contributed by atoms with van der Waals surface area (Å²) in [6.45, 7) is 1.52. The number of hydrogen-bond donors (Lipinski definition) is 1. The molecule has 1 aromatic carbocycles. The second kappa shape index (κ2) is 4.69. The smallest absolute Gasteiger partial charge is 0.326 e. The number of benzene rings is 1. The van der Waals surface area contributed by atoms with Crippen LogP contribution in [0.5, 0.6) is 0 Å². The fraction of sp³-hybridized carbons (Fsp3) is 0.143. The van der Waals surface area contributed by atoms with Crippen molar-refractivity contribution < 1.29 is 17.6 Å². The number of fused-ring (bicyclic) bond motifs is 1. The van der Waals surface area contributed by atoms with Crippen LogP contribution >= 0.6 is 0 Å². The van der Waals surface area contributed by atoms with Gasteiger partial charge in [-0.2, -0.15) is 17.6 Å². The molecule has 3 aromatic rings. The molecule has 0 atom stereocenters. The third kappa shape index (κ3) is 2.16. The normalized spacial score (nSPS) is 12.0. The molecule has 4 nitrogen and oxygen atoms in total. The van der Waals surface area contributed by atoms with Crippen LogP contribution in [0.25, 0.3) is 16.7 Å². The average molecular weight is 311 g/mol. The van der Waals surface area contributed by atoms with Gasteiger partial charge in [0.05, 0.1) is 22.3 Å². The number of halogens is 4. The Morgan fingerprint density at radius 3 is 2.64 bits per heavy atom. The molecule has 0 aliphatic heterocycles. The molecule has 1 N–H and O–H groups in total. The van der Waals surface area contributed by atoms with E-state index in [0.29, 0.717) is 0 Å². The van der Waals surface area contributed by atoms with Gasteiger partial charge < -0.3 is 4.98 Å². The van der Waals surface area contributed by atoms with Crippen molar-refractivity contribution in [2.45, 2.75) is 13.1 Å². The van der Waals surface area contributed by atoms with E-state index in [0.717, 1.165) is 12.1 Å². The molecule has 114 valence electrons. The van der Waals surface area contributed by atoms with Crippen LogP contribution in [-0.2, 0) is 6.18 Å². The number of aryl methyl sites for hydroxylation is 1. The zero-order chi connectivity index (χ0) is 16.1. The van der Waals surface area contributed by atoms with Crippen molar-refractivity contribution in [2.75, 3.05) is 0 Å². The highest BCUT2D eigenvalue weighted by Gasteiger charge is 2.31. The van der Waals surface area contributed by atoms with Gasteiger partial charge in [-0.05, 0) is 31.2 Å². The molecule has 0 radical (unpaired) electrons. The largest absolute Gasteiger partial charge is 0.416 e. The van der Waals surface area contributed by atoms with E-state index in [1.165, 1.54) is 29.8 Å². The van der Waals surface area contributed by atoms with E-state index in [1.54, 1.807) is 0 Å². The number of nitrogens with zero attached hydrogens (tertiary/aromatic N) is 2. The van der Waals surface area contributed by atoms with E-state index in [4.69, 9.17) is 0 Å². The molecule has 0 amide bonds. The van der Waals surface area contributed by atoms with Crippen molar-refractivity contribution in [1.82, 2.24) is 14.5 Å². The Morgan fingerprint density at radius 2 is 1.95 bits per heavy atom. The molecule has 3 rings (SSSR count). The first-order valence-corrected chi connectivity index (χ1v) is 6.23. The fourth-order valence-electron chi connectivity index (χ4n) is 2.30. The summed E-state index contributed by atoms with van der Waals surface area (Å²) in [7, 11) is 0. The second-order valence-electron chi connectivity index (χ2n) is 4.70. The first kappa shape index (κ1) is 14.3. The Balaban J connectivity index is 2.30. The molecule has 0 unspecified atom stereocenters. The summed E-state index contributed by atoms with van der Waals surface area (Å²) in [6, 6.07) is 4.32. The lowest BCUT2D eigenvalue weighted by atomic mass is 10.2. The minimum atomic E-state index is -4.49. The number of alkyl halides is 3. The molecule has 22 heavy (non-hydrogen) atoms. The van der Waals surface area contributed by atoms with E-state index in [-0.39, 0.29) is 22.5 Å². The maximum Gasteiger partial charge on any atom is 0.416 e. The number of H-pyrrole nitrogens is 1. The van der Waals surface area contributed by atoms with Crippen LogP contribution < -0.4 is 5.56 Å². The van der Waals surface area contributed by atoms with Gasteiger partial charge in [-0.25, -0.2) is 4.98 Å². The Bertz CT molecular complexity index is 924. The number of imidazole rings is 1. The van der Waals surface area contributed by atoms with Gasteiger partial charge in [-0.1, -0.05) is 0 Å². The Kier molecular flexibility index (Phi) is 3.05. The average Bonchev–Trinajstić information content (AvgIpc) is 2.76. The van der Waals surface area contributed by atoms with Crippen molar-refractivity contribution in [3.63, 3.8) is 0 Å². The monoisotopic (exact) mass is 311 g/mol. The number of nitrogens with one attached hydrogen (secondary N) is 1. The van der Waals surface area contributed by atoms with E-state index in [1.807, 2.05) is 0 Å². The SMILES string of the molecule is Cc1nc2cc(C(F)(F)F)ccc2n1-c1cc[nH]c(=O)c1F. The molecule has 0 saturated carbocycles. The lowest BCUT2D eigenvalue weighted by Gasteiger charge is -2.08. The van der Waals surface area contributed by atoms with Crippen molar-refractivity contribution >= 4 is 11.0 Å². The first-order valence-electron chi connectivity index (χ1n) is 6.23. The molecular weight excluding hydrogens is 302 g/mol. The third-order valence-electron chi connectivity index (χ3n) is 3.27. The summed E-state index contributed by atoms with van der Waals surface area (Å²) >= 11 is 0. The number of aromatic amines is 1. The highest BCUT2D eigenvalue weighted by molar-refractivity contribution is 5.79. The topological polar surface area (TPSA) is 50.7 Å². The highest BCUT2D eigenvalue weighted by atomic mass is 19.4. The predicted molar refractivity (Wildman–Crippen MR) is 71.4 cm³/mol. The van der Waals surface area contributed by atoms with Gasteiger partial charge in [-0.15, -0.1) is 0 Å². The third-order valence-corrected chi connectivity index (χ3v) is 3.27. The number of rotatable bonds is 1. The van der Waals surface area contributed by atoms with E-state index in [9.17, 15) is 22.4 Å². The molecule has 8 heteroatoms. The van der Waals surface area contributed by atoms with Gasteiger partial charge in [0.2, 0.25) is 5.82 Å². The minimum absolute atomic E-state index is 0.0662. The van der Waals surface area contributed by atoms with Crippen molar-refractivity contribution in [1.29, 1.82) is 0 Å². The molecule has 0 fully saturated rings. The summed E-state index contributed by atoms with van der Waals surface area (Å²) in [4.78, 5) is 17.6. The van der Waals surface area contributed by atoms with Gasteiger partial charge in [0, 0.05) is 6.20 Å². The van der Waals surface area contributed by atoms with Crippen LogP contribution in [0.4, 0.5) is 17.6 Å².